The van der Waals surface area contributed by atoms with E-state index in [-0.39, 0.29) is 0 Å². The molecule has 0 fully saturated rings. The van der Waals surface area contributed by atoms with Crippen LogP contribution >= 0.6 is 11.3 Å². The van der Waals surface area contributed by atoms with Gasteiger partial charge in [0.25, 0.3) is 0 Å². The molecule has 0 aliphatic rings. The van der Waals surface area contributed by atoms with Crippen LogP contribution in [-0.4, -0.2) is 4.98 Å². The van der Waals surface area contributed by atoms with Crippen molar-refractivity contribution in [3.63, 3.8) is 0 Å². The van der Waals surface area contributed by atoms with Gasteiger partial charge in [0, 0.05) is 11.0 Å². The standard InChI is InChI=1S/C11H10N2S/c1-3-5-9(6-4-2)11-13-10(7-12)8-14-11/h3-6,8H,1H2,2H3/b6-4-,9-5+. The van der Waals surface area contributed by atoms with Gasteiger partial charge in [-0.2, -0.15) is 5.26 Å². The largest absolute Gasteiger partial charge is 0.225 e. The van der Waals surface area contributed by atoms with Gasteiger partial charge in [0.1, 0.15) is 11.1 Å². The number of thiazole rings is 1. The number of rotatable bonds is 3. The molecule has 0 aromatic carbocycles. The molecule has 1 heterocycles. The number of nitrogens with zero attached hydrogens (tertiary/aromatic N) is 2. The summed E-state index contributed by atoms with van der Waals surface area (Å²) in [6.45, 7) is 5.58. The van der Waals surface area contributed by atoms with Crippen LogP contribution in [0.3, 0.4) is 0 Å². The maximum Gasteiger partial charge on any atom is 0.152 e. The molecule has 0 saturated heterocycles. The molecule has 1 aromatic rings. The number of hydrogen-bond donors (Lipinski definition) is 0. The first-order valence-corrected chi connectivity index (χ1v) is 5.01. The summed E-state index contributed by atoms with van der Waals surface area (Å²) in [7, 11) is 0. The predicted octanol–water partition coefficient (Wildman–Crippen LogP) is 3.16. The molecule has 0 aliphatic carbocycles. The van der Waals surface area contributed by atoms with Crippen LogP contribution in [0.1, 0.15) is 17.6 Å². The summed E-state index contributed by atoms with van der Waals surface area (Å²) in [5.41, 5.74) is 1.44. The van der Waals surface area contributed by atoms with Crippen molar-refractivity contribution in [1.82, 2.24) is 4.98 Å². The maximum absolute atomic E-state index is 8.63. The van der Waals surface area contributed by atoms with E-state index in [1.807, 2.05) is 31.2 Å². The molecule has 0 spiro atoms. The molecule has 1 aromatic heterocycles. The average Bonchev–Trinajstić information content (AvgIpc) is 2.65. The van der Waals surface area contributed by atoms with Crippen LogP contribution in [0.2, 0.25) is 0 Å². The highest BCUT2D eigenvalue weighted by Crippen LogP contribution is 2.20. The van der Waals surface area contributed by atoms with Crippen molar-refractivity contribution in [2.75, 3.05) is 0 Å². The quantitative estimate of drug-likeness (QED) is 0.706. The Morgan fingerprint density at radius 2 is 2.50 bits per heavy atom. The molecular weight excluding hydrogens is 192 g/mol. The molecule has 0 unspecified atom stereocenters. The van der Waals surface area contributed by atoms with Gasteiger partial charge in [0.2, 0.25) is 0 Å². The first-order valence-electron chi connectivity index (χ1n) is 4.13. The lowest BCUT2D eigenvalue weighted by Gasteiger charge is -1.93. The summed E-state index contributed by atoms with van der Waals surface area (Å²) in [5, 5.41) is 11.2. The topological polar surface area (TPSA) is 36.7 Å². The van der Waals surface area contributed by atoms with Crippen molar-refractivity contribution in [2.24, 2.45) is 0 Å². The minimum absolute atomic E-state index is 0.462. The fourth-order valence-electron chi connectivity index (χ4n) is 0.962. The van der Waals surface area contributed by atoms with Gasteiger partial charge in [-0.1, -0.05) is 30.9 Å². The van der Waals surface area contributed by atoms with Gasteiger partial charge < -0.3 is 0 Å². The molecule has 0 saturated carbocycles. The van der Waals surface area contributed by atoms with Gasteiger partial charge >= 0.3 is 0 Å². The van der Waals surface area contributed by atoms with E-state index in [1.54, 1.807) is 11.5 Å². The predicted molar refractivity (Wildman–Crippen MR) is 59.8 cm³/mol. The Morgan fingerprint density at radius 1 is 1.71 bits per heavy atom. The molecule has 0 aliphatic heterocycles. The number of hydrogen-bond acceptors (Lipinski definition) is 3. The fourth-order valence-corrected chi connectivity index (χ4v) is 1.71. The van der Waals surface area contributed by atoms with E-state index in [9.17, 15) is 0 Å². The van der Waals surface area contributed by atoms with E-state index in [1.165, 1.54) is 11.3 Å². The molecular formula is C11H10N2S. The Labute approximate surface area is 87.5 Å². The summed E-state index contributed by atoms with van der Waals surface area (Å²) < 4.78 is 0. The molecule has 70 valence electrons. The first-order chi connectivity index (χ1) is 6.81. The van der Waals surface area contributed by atoms with Crippen LogP contribution in [-0.2, 0) is 0 Å². The van der Waals surface area contributed by atoms with Crippen LogP contribution in [0.4, 0.5) is 0 Å². The lowest BCUT2D eigenvalue weighted by atomic mass is 10.2. The number of allylic oxidation sites excluding steroid dienone is 5. The van der Waals surface area contributed by atoms with E-state index >= 15 is 0 Å². The molecule has 14 heavy (non-hydrogen) atoms. The van der Waals surface area contributed by atoms with Crippen LogP contribution in [0.5, 0.6) is 0 Å². The maximum atomic E-state index is 8.63. The van der Waals surface area contributed by atoms with Crippen molar-refractivity contribution in [3.8, 4) is 6.07 Å². The lowest BCUT2D eigenvalue weighted by Crippen LogP contribution is -1.79. The second-order valence-electron chi connectivity index (χ2n) is 2.51. The van der Waals surface area contributed by atoms with E-state index in [2.05, 4.69) is 11.6 Å². The van der Waals surface area contributed by atoms with E-state index < -0.39 is 0 Å². The Hall–Kier alpha value is -1.66. The van der Waals surface area contributed by atoms with Gasteiger partial charge in [0.15, 0.2) is 5.69 Å². The van der Waals surface area contributed by atoms with Crippen molar-refractivity contribution >= 4 is 16.9 Å². The van der Waals surface area contributed by atoms with Crippen LogP contribution in [0.15, 0.2) is 36.3 Å². The van der Waals surface area contributed by atoms with Crippen molar-refractivity contribution in [2.45, 2.75) is 6.92 Å². The Balaban J connectivity index is 3.06. The monoisotopic (exact) mass is 202 g/mol. The van der Waals surface area contributed by atoms with Crippen LogP contribution in [0, 0.1) is 11.3 Å². The number of nitriles is 1. The van der Waals surface area contributed by atoms with Crippen molar-refractivity contribution in [1.29, 1.82) is 5.26 Å². The van der Waals surface area contributed by atoms with Gasteiger partial charge in [-0.05, 0) is 6.92 Å². The molecule has 3 heteroatoms. The average molecular weight is 202 g/mol. The molecule has 0 N–H and O–H groups in total. The molecule has 2 nitrogen and oxygen atoms in total. The van der Waals surface area contributed by atoms with Crippen molar-refractivity contribution < 1.29 is 0 Å². The van der Waals surface area contributed by atoms with Crippen LogP contribution in [0.25, 0.3) is 5.57 Å². The zero-order chi connectivity index (χ0) is 10.4. The third-order valence-corrected chi connectivity index (χ3v) is 2.40. The summed E-state index contributed by atoms with van der Waals surface area (Å²) in [6.07, 6.45) is 7.47. The van der Waals surface area contributed by atoms with Crippen LogP contribution < -0.4 is 0 Å². The van der Waals surface area contributed by atoms with Gasteiger partial charge in [0.05, 0.1) is 0 Å². The summed E-state index contributed by atoms with van der Waals surface area (Å²) >= 11 is 1.46. The molecule has 0 radical (unpaired) electrons. The second-order valence-corrected chi connectivity index (χ2v) is 3.37. The Kier molecular flexibility index (Phi) is 3.84. The Morgan fingerprint density at radius 3 is 3.00 bits per heavy atom. The van der Waals surface area contributed by atoms with Gasteiger partial charge in [-0.15, -0.1) is 11.3 Å². The lowest BCUT2D eigenvalue weighted by molar-refractivity contribution is 1.31. The van der Waals surface area contributed by atoms with Gasteiger partial charge in [-0.3, -0.25) is 0 Å². The van der Waals surface area contributed by atoms with E-state index in [0.717, 1.165) is 10.6 Å². The summed E-state index contributed by atoms with van der Waals surface area (Å²) in [4.78, 5) is 4.16. The Bertz CT molecular complexity index is 419. The van der Waals surface area contributed by atoms with E-state index in [0.29, 0.717) is 5.69 Å². The fraction of sp³-hybridized carbons (Fsp3) is 0.0909. The first kappa shape index (κ1) is 10.4. The zero-order valence-corrected chi connectivity index (χ0v) is 8.71. The third kappa shape index (κ3) is 2.41. The number of aromatic nitrogens is 1. The third-order valence-electron chi connectivity index (χ3n) is 1.51. The molecule has 0 bridgehead atoms. The summed E-state index contributed by atoms with van der Waals surface area (Å²) in [5.74, 6) is 0. The molecule has 0 atom stereocenters. The SMILES string of the molecule is C=C/C=C(\C=C/C)c1nc(C#N)cs1. The van der Waals surface area contributed by atoms with Gasteiger partial charge in [-0.25, -0.2) is 4.98 Å². The highest BCUT2D eigenvalue weighted by atomic mass is 32.1. The highest BCUT2D eigenvalue weighted by Gasteiger charge is 2.03. The van der Waals surface area contributed by atoms with Crippen molar-refractivity contribution in [3.05, 3.63) is 47.0 Å². The molecule has 1 rings (SSSR count). The molecule has 0 amide bonds. The minimum atomic E-state index is 0.462. The summed E-state index contributed by atoms with van der Waals surface area (Å²) in [6, 6.07) is 2.01. The van der Waals surface area contributed by atoms with E-state index in [4.69, 9.17) is 5.26 Å². The zero-order valence-electron chi connectivity index (χ0n) is 7.90. The highest BCUT2D eigenvalue weighted by molar-refractivity contribution is 7.10. The second kappa shape index (κ2) is 5.15. The minimum Gasteiger partial charge on any atom is -0.225 e. The smallest absolute Gasteiger partial charge is 0.152 e. The normalized spacial score (nSPS) is 11.6.